The van der Waals surface area contributed by atoms with E-state index in [1.807, 2.05) is 6.92 Å². The second-order valence-corrected chi connectivity index (χ2v) is 6.88. The predicted molar refractivity (Wildman–Crippen MR) is 88.8 cm³/mol. The van der Waals surface area contributed by atoms with Crippen LogP contribution in [0.4, 0.5) is 5.82 Å². The second-order valence-electron chi connectivity index (χ2n) is 4.46. The van der Waals surface area contributed by atoms with E-state index in [-0.39, 0.29) is 11.4 Å². The van der Waals surface area contributed by atoms with E-state index < -0.39 is 15.8 Å². The zero-order valence-electron chi connectivity index (χ0n) is 11.8. The number of benzene rings is 1. The quantitative estimate of drug-likeness (QED) is 0.704. The summed E-state index contributed by atoms with van der Waals surface area (Å²) in [6.07, 6.45) is 1.81. The van der Waals surface area contributed by atoms with Crippen LogP contribution in [0.2, 0.25) is 0 Å². The largest absolute Gasteiger partial charge is 0.312 e. The maximum Gasteiger partial charge on any atom is 0.300 e. The van der Waals surface area contributed by atoms with Gasteiger partial charge in [-0.3, -0.25) is 9.52 Å². The molecule has 0 aliphatic carbocycles. The molecule has 1 aromatic heterocycles. The molecule has 2 aromatic rings. The number of hydrogen-bond donors (Lipinski definition) is 3. The topological polar surface area (TPSA) is 104 Å². The molecular formula is C13H15BrN4O3S. The summed E-state index contributed by atoms with van der Waals surface area (Å²) in [6, 6.07) is 6.92. The second kappa shape index (κ2) is 7.03. The third-order valence-corrected chi connectivity index (χ3v) is 4.33. The summed E-state index contributed by atoms with van der Waals surface area (Å²) in [4.78, 5) is 18.4. The number of halogens is 1. The zero-order valence-corrected chi connectivity index (χ0v) is 14.2. The van der Waals surface area contributed by atoms with Crippen LogP contribution in [0.5, 0.6) is 0 Å². The van der Waals surface area contributed by atoms with E-state index in [1.54, 1.807) is 24.3 Å². The average molecular weight is 387 g/mol. The number of nitrogens with one attached hydrogen (secondary N) is 3. The van der Waals surface area contributed by atoms with E-state index in [0.29, 0.717) is 18.5 Å². The standard InChI is InChI=1S/C13H15BrN4O3S/c1-2-7-17-22(20,21)18-12-11(13(19)16-8-15-12)9-3-5-10(14)6-4-9/h3-6,8,17H,2,7H2,1H3,(H2,15,16,18,19). The molecule has 1 heterocycles. The number of anilines is 1. The van der Waals surface area contributed by atoms with Gasteiger partial charge in [-0.05, 0) is 24.1 Å². The van der Waals surface area contributed by atoms with Crippen LogP contribution in [-0.4, -0.2) is 24.9 Å². The minimum Gasteiger partial charge on any atom is -0.312 e. The molecule has 0 aliphatic heterocycles. The third-order valence-electron chi connectivity index (χ3n) is 2.76. The van der Waals surface area contributed by atoms with E-state index in [9.17, 15) is 13.2 Å². The van der Waals surface area contributed by atoms with Gasteiger partial charge in [0.1, 0.15) is 0 Å². The van der Waals surface area contributed by atoms with Crippen molar-refractivity contribution in [1.29, 1.82) is 0 Å². The lowest BCUT2D eigenvalue weighted by Gasteiger charge is -2.11. The Kier molecular flexibility index (Phi) is 5.33. The van der Waals surface area contributed by atoms with Gasteiger partial charge in [0.15, 0.2) is 5.82 Å². The lowest BCUT2D eigenvalue weighted by Crippen LogP contribution is -2.32. The van der Waals surface area contributed by atoms with Crippen LogP contribution in [0.3, 0.4) is 0 Å². The highest BCUT2D eigenvalue weighted by atomic mass is 79.9. The Morgan fingerprint density at radius 1 is 1.27 bits per heavy atom. The first kappa shape index (κ1) is 16.7. The highest BCUT2D eigenvalue weighted by Crippen LogP contribution is 2.24. The maximum atomic E-state index is 12.1. The van der Waals surface area contributed by atoms with Crippen molar-refractivity contribution < 1.29 is 8.42 Å². The van der Waals surface area contributed by atoms with Gasteiger partial charge in [-0.1, -0.05) is 35.0 Å². The molecule has 0 atom stereocenters. The third kappa shape index (κ3) is 4.15. The van der Waals surface area contributed by atoms with Crippen molar-refractivity contribution in [1.82, 2.24) is 14.7 Å². The van der Waals surface area contributed by atoms with E-state index in [0.717, 1.165) is 10.8 Å². The van der Waals surface area contributed by atoms with Crippen LogP contribution < -0.4 is 15.0 Å². The van der Waals surface area contributed by atoms with Gasteiger partial charge in [0.05, 0.1) is 11.9 Å². The number of nitrogens with zero attached hydrogens (tertiary/aromatic N) is 1. The molecule has 22 heavy (non-hydrogen) atoms. The van der Waals surface area contributed by atoms with Crippen molar-refractivity contribution in [2.75, 3.05) is 11.3 Å². The number of aromatic amines is 1. The van der Waals surface area contributed by atoms with Gasteiger partial charge in [-0.2, -0.15) is 13.1 Å². The smallest absolute Gasteiger partial charge is 0.300 e. The fraction of sp³-hybridized carbons (Fsp3) is 0.231. The summed E-state index contributed by atoms with van der Waals surface area (Å²) in [6.45, 7) is 2.15. The molecule has 0 saturated heterocycles. The predicted octanol–water partition coefficient (Wildman–Crippen LogP) is 1.86. The fourth-order valence-electron chi connectivity index (χ4n) is 1.76. The van der Waals surface area contributed by atoms with Crippen LogP contribution in [-0.2, 0) is 10.2 Å². The first-order valence-electron chi connectivity index (χ1n) is 6.54. The number of hydrogen-bond acceptors (Lipinski definition) is 4. The lowest BCUT2D eigenvalue weighted by molar-refractivity contribution is 0.586. The SMILES string of the molecule is CCCNS(=O)(=O)Nc1nc[nH]c(=O)c1-c1ccc(Br)cc1. The molecule has 0 saturated carbocycles. The van der Waals surface area contributed by atoms with Crippen LogP contribution in [0.15, 0.2) is 39.9 Å². The highest BCUT2D eigenvalue weighted by molar-refractivity contribution is 9.10. The van der Waals surface area contributed by atoms with Crippen LogP contribution >= 0.6 is 15.9 Å². The van der Waals surface area contributed by atoms with Crippen molar-refractivity contribution in [2.45, 2.75) is 13.3 Å². The Morgan fingerprint density at radius 2 is 1.95 bits per heavy atom. The van der Waals surface area contributed by atoms with Crippen molar-refractivity contribution >= 4 is 32.0 Å². The van der Waals surface area contributed by atoms with Gasteiger partial charge in [-0.15, -0.1) is 0 Å². The van der Waals surface area contributed by atoms with Crippen molar-refractivity contribution in [3.05, 3.63) is 45.4 Å². The fourth-order valence-corrected chi connectivity index (χ4v) is 2.98. The van der Waals surface area contributed by atoms with Gasteiger partial charge in [0, 0.05) is 11.0 Å². The molecule has 2 rings (SSSR count). The Bertz CT molecular complexity index is 803. The molecule has 0 fully saturated rings. The van der Waals surface area contributed by atoms with E-state index in [1.165, 1.54) is 0 Å². The number of rotatable bonds is 6. The molecule has 118 valence electrons. The summed E-state index contributed by atoms with van der Waals surface area (Å²) in [5.41, 5.74) is 0.299. The summed E-state index contributed by atoms with van der Waals surface area (Å²) in [5.74, 6) is -0.0188. The van der Waals surface area contributed by atoms with Gasteiger partial charge in [0.25, 0.3) is 15.8 Å². The minimum atomic E-state index is -3.78. The normalized spacial score (nSPS) is 11.4. The maximum absolute atomic E-state index is 12.1. The van der Waals surface area contributed by atoms with E-state index in [4.69, 9.17) is 0 Å². The molecule has 0 unspecified atom stereocenters. The Balaban J connectivity index is 2.43. The van der Waals surface area contributed by atoms with E-state index in [2.05, 4.69) is 35.3 Å². The Hall–Kier alpha value is -1.71. The van der Waals surface area contributed by atoms with Gasteiger partial charge < -0.3 is 4.98 Å². The molecule has 0 spiro atoms. The molecule has 0 bridgehead atoms. The summed E-state index contributed by atoms with van der Waals surface area (Å²) < 4.78 is 29.4. The van der Waals surface area contributed by atoms with Gasteiger partial charge in [0.2, 0.25) is 0 Å². The molecule has 3 N–H and O–H groups in total. The first-order chi connectivity index (χ1) is 10.4. The average Bonchev–Trinajstić information content (AvgIpc) is 2.46. The lowest BCUT2D eigenvalue weighted by atomic mass is 10.1. The Morgan fingerprint density at radius 3 is 2.59 bits per heavy atom. The van der Waals surface area contributed by atoms with Crippen molar-refractivity contribution in [2.24, 2.45) is 0 Å². The van der Waals surface area contributed by atoms with Crippen LogP contribution in [0.1, 0.15) is 13.3 Å². The number of H-pyrrole nitrogens is 1. The monoisotopic (exact) mass is 386 g/mol. The molecular weight excluding hydrogens is 372 g/mol. The van der Waals surface area contributed by atoms with Crippen molar-refractivity contribution in [3.8, 4) is 11.1 Å². The first-order valence-corrected chi connectivity index (χ1v) is 8.81. The minimum absolute atomic E-state index is 0.0188. The van der Waals surface area contributed by atoms with Crippen molar-refractivity contribution in [3.63, 3.8) is 0 Å². The van der Waals surface area contributed by atoms with Crippen LogP contribution in [0.25, 0.3) is 11.1 Å². The summed E-state index contributed by atoms with van der Waals surface area (Å²) in [5, 5.41) is 0. The summed E-state index contributed by atoms with van der Waals surface area (Å²) in [7, 11) is -3.78. The number of aromatic nitrogens is 2. The van der Waals surface area contributed by atoms with Gasteiger partial charge in [-0.25, -0.2) is 4.98 Å². The van der Waals surface area contributed by atoms with Gasteiger partial charge >= 0.3 is 0 Å². The van der Waals surface area contributed by atoms with E-state index >= 15 is 0 Å². The zero-order chi connectivity index (χ0) is 16.2. The highest BCUT2D eigenvalue weighted by Gasteiger charge is 2.16. The molecule has 0 amide bonds. The van der Waals surface area contributed by atoms with Crippen LogP contribution in [0, 0.1) is 0 Å². The molecule has 1 aromatic carbocycles. The Labute approximate surface area is 136 Å². The molecule has 7 nitrogen and oxygen atoms in total. The summed E-state index contributed by atoms with van der Waals surface area (Å²) >= 11 is 3.31. The molecule has 0 aliphatic rings. The molecule has 9 heteroatoms. The molecule has 0 radical (unpaired) electrons.